The Kier molecular flexibility index (Phi) is 5.72. The van der Waals surface area contributed by atoms with Gasteiger partial charge in [-0.1, -0.05) is 30.7 Å². The van der Waals surface area contributed by atoms with E-state index in [9.17, 15) is 25.0 Å². The number of aliphatic hydroxyl groups is 1. The highest BCUT2D eigenvalue weighted by Crippen LogP contribution is 2.70. The summed E-state index contributed by atoms with van der Waals surface area (Å²) in [6.45, 7) is 5.22. The molecule has 5 rings (SSSR count). The molecule has 3 saturated carbocycles. The van der Waals surface area contributed by atoms with Gasteiger partial charge in [-0.25, -0.2) is 8.78 Å². The molecule has 4 aliphatic rings. The Morgan fingerprint density at radius 1 is 1.17 bits per heavy atom. The number of hydrogen-bond donors (Lipinski definition) is 3. The van der Waals surface area contributed by atoms with Gasteiger partial charge in [-0.2, -0.15) is 0 Å². The Labute approximate surface area is 209 Å². The highest BCUT2D eigenvalue weighted by Gasteiger charge is 2.73. The average Bonchev–Trinajstić information content (AvgIpc) is 3.09. The van der Waals surface area contributed by atoms with Crippen molar-refractivity contribution in [2.24, 2.45) is 34.5 Å². The zero-order valence-electron chi connectivity index (χ0n) is 20.7. The fraction of sp³-hybridized carbons (Fsp3) is 0.571. The van der Waals surface area contributed by atoms with Crippen molar-refractivity contribution in [2.75, 3.05) is 11.6 Å². The number of carboxylic acid groups (broad SMARTS) is 1. The Hall–Kier alpha value is -2.58. The number of hydrogen-bond acceptors (Lipinski definition) is 5. The van der Waals surface area contributed by atoms with E-state index in [1.54, 1.807) is 19.1 Å². The number of anilines is 1. The summed E-state index contributed by atoms with van der Waals surface area (Å²) in [5.41, 5.74) is -3.17. The second-order valence-electron chi connectivity index (χ2n) is 11.7. The number of carboxylic acids is 1. The molecule has 0 radical (unpaired) electrons. The van der Waals surface area contributed by atoms with Crippen LogP contribution in [-0.2, 0) is 9.59 Å². The van der Waals surface area contributed by atoms with Gasteiger partial charge in [0.1, 0.15) is 6.17 Å². The number of alkyl halides is 2. The summed E-state index contributed by atoms with van der Waals surface area (Å²) in [5.74, 6) is -4.43. The quantitative estimate of drug-likeness (QED) is 0.528. The standard InChI is InChI=1S/C28H33F2NO5/c1-15-4-6-17(7-5-15)31(36)14-16-10-19-20-12-22(29)21-11-18(32)8-9-27(21,3)28(20,30)23(33)13-26(19,2)24(16)25(34)35/h4-9,11,16,19-20,22-24,33,36H,10,12-14H2,1-3H3,(H,34,35)/t16-,19?,20-,22-,23-,24?,26-,27-,28-/m0/s1. The van der Waals surface area contributed by atoms with Crippen molar-refractivity contribution < 1.29 is 33.8 Å². The maximum absolute atomic E-state index is 17.2. The van der Waals surface area contributed by atoms with E-state index in [0.717, 1.165) is 16.7 Å². The van der Waals surface area contributed by atoms with E-state index in [1.165, 1.54) is 19.1 Å². The summed E-state index contributed by atoms with van der Waals surface area (Å²) >= 11 is 0. The lowest BCUT2D eigenvalue weighted by Gasteiger charge is -2.62. The van der Waals surface area contributed by atoms with Crippen molar-refractivity contribution in [1.29, 1.82) is 0 Å². The van der Waals surface area contributed by atoms with E-state index < -0.39 is 64.2 Å². The van der Waals surface area contributed by atoms with Crippen molar-refractivity contribution in [3.63, 3.8) is 0 Å². The number of nitrogens with zero attached hydrogens (tertiary/aromatic N) is 1. The normalized spacial score (nSPS) is 43.3. The lowest BCUT2D eigenvalue weighted by atomic mass is 9.45. The summed E-state index contributed by atoms with van der Waals surface area (Å²) < 4.78 is 32.8. The molecule has 0 aromatic heterocycles. The van der Waals surface area contributed by atoms with Crippen LogP contribution in [0.15, 0.2) is 48.1 Å². The molecule has 8 heteroatoms. The highest BCUT2D eigenvalue weighted by molar-refractivity contribution is 6.01. The molecule has 0 amide bonds. The minimum Gasteiger partial charge on any atom is -0.481 e. The van der Waals surface area contributed by atoms with Gasteiger partial charge < -0.3 is 10.2 Å². The van der Waals surface area contributed by atoms with Gasteiger partial charge in [-0.15, -0.1) is 0 Å². The van der Waals surface area contributed by atoms with Crippen LogP contribution in [0.2, 0.25) is 0 Å². The Morgan fingerprint density at radius 2 is 1.83 bits per heavy atom. The monoisotopic (exact) mass is 501 g/mol. The number of carbonyl (C=O) groups excluding carboxylic acids is 1. The Bertz CT molecular complexity index is 1150. The molecule has 0 heterocycles. The first-order valence-electron chi connectivity index (χ1n) is 12.5. The first-order chi connectivity index (χ1) is 16.8. The van der Waals surface area contributed by atoms with Crippen LogP contribution in [-0.4, -0.2) is 51.7 Å². The summed E-state index contributed by atoms with van der Waals surface area (Å²) in [4.78, 5) is 24.5. The van der Waals surface area contributed by atoms with E-state index in [4.69, 9.17) is 0 Å². The molecule has 0 aliphatic heterocycles. The van der Waals surface area contributed by atoms with Crippen LogP contribution in [0.3, 0.4) is 0 Å². The van der Waals surface area contributed by atoms with Crippen molar-refractivity contribution in [3.8, 4) is 0 Å². The number of ketones is 1. The first kappa shape index (κ1) is 25.1. The Balaban J connectivity index is 1.53. The molecule has 0 saturated heterocycles. The van der Waals surface area contributed by atoms with E-state index >= 15 is 8.78 Å². The molecule has 4 aliphatic carbocycles. The number of rotatable bonds is 4. The maximum atomic E-state index is 17.2. The number of hydroxylamine groups is 1. The molecular weight excluding hydrogens is 468 g/mol. The topological polar surface area (TPSA) is 98.1 Å². The first-order valence-corrected chi connectivity index (χ1v) is 12.5. The van der Waals surface area contributed by atoms with Gasteiger partial charge in [0.2, 0.25) is 0 Å². The van der Waals surface area contributed by atoms with Crippen LogP contribution < -0.4 is 5.06 Å². The smallest absolute Gasteiger partial charge is 0.307 e. The van der Waals surface area contributed by atoms with E-state index in [1.807, 2.05) is 19.1 Å². The van der Waals surface area contributed by atoms with Crippen LogP contribution >= 0.6 is 0 Å². The van der Waals surface area contributed by atoms with Crippen LogP contribution in [0.1, 0.15) is 38.7 Å². The SMILES string of the molecule is Cc1ccc(N(O)C[C@@H]2CC3[C@@H]4C[C@H](F)C5=CC(=O)C=C[C@]5(C)[C@@]4(F)[C@@H](O)C[C@]3(C)C2C(=O)O)cc1. The number of fused-ring (bicyclic) bond motifs is 5. The summed E-state index contributed by atoms with van der Waals surface area (Å²) in [7, 11) is 0. The molecule has 1 aromatic carbocycles. The Morgan fingerprint density at radius 3 is 2.47 bits per heavy atom. The number of benzene rings is 1. The number of halogens is 2. The fourth-order valence-electron chi connectivity index (χ4n) is 8.09. The molecule has 0 bridgehead atoms. The number of aliphatic carboxylic acids is 1. The van der Waals surface area contributed by atoms with Gasteiger partial charge in [0.05, 0.1) is 17.7 Å². The van der Waals surface area contributed by atoms with Crippen LogP contribution in [0.4, 0.5) is 14.5 Å². The summed E-state index contributed by atoms with van der Waals surface area (Å²) in [6.07, 6.45) is 0.593. The third-order valence-electron chi connectivity index (χ3n) is 9.81. The predicted molar refractivity (Wildman–Crippen MR) is 129 cm³/mol. The van der Waals surface area contributed by atoms with Gasteiger partial charge in [-0.05, 0) is 80.2 Å². The molecule has 9 atom stereocenters. The van der Waals surface area contributed by atoms with E-state index in [0.29, 0.717) is 5.69 Å². The van der Waals surface area contributed by atoms with Crippen molar-refractivity contribution in [3.05, 3.63) is 53.6 Å². The summed E-state index contributed by atoms with van der Waals surface area (Å²) in [6, 6.07) is 7.17. The molecule has 3 N–H and O–H groups in total. The second kappa shape index (κ2) is 8.21. The van der Waals surface area contributed by atoms with Crippen LogP contribution in [0.25, 0.3) is 0 Å². The molecule has 0 spiro atoms. The minimum absolute atomic E-state index is 0.0180. The molecule has 3 fully saturated rings. The van der Waals surface area contributed by atoms with E-state index in [2.05, 4.69) is 0 Å². The van der Waals surface area contributed by atoms with E-state index in [-0.39, 0.29) is 31.4 Å². The molecule has 6 nitrogen and oxygen atoms in total. The molecule has 194 valence electrons. The fourth-order valence-corrected chi connectivity index (χ4v) is 8.09. The van der Waals surface area contributed by atoms with Gasteiger partial charge in [-0.3, -0.25) is 19.9 Å². The predicted octanol–water partition coefficient (Wildman–Crippen LogP) is 4.44. The number of aryl methyl sites for hydroxylation is 1. The molecular formula is C28H33F2NO5. The van der Waals surface area contributed by atoms with Gasteiger partial charge in [0.15, 0.2) is 11.5 Å². The van der Waals surface area contributed by atoms with Crippen molar-refractivity contribution >= 4 is 17.4 Å². The van der Waals surface area contributed by atoms with Crippen LogP contribution in [0.5, 0.6) is 0 Å². The van der Waals surface area contributed by atoms with Gasteiger partial charge in [0, 0.05) is 17.9 Å². The largest absolute Gasteiger partial charge is 0.481 e. The number of carbonyl (C=O) groups is 2. The second-order valence-corrected chi connectivity index (χ2v) is 11.7. The highest BCUT2D eigenvalue weighted by atomic mass is 19.1. The number of aliphatic hydroxyl groups excluding tert-OH is 1. The van der Waals surface area contributed by atoms with Gasteiger partial charge >= 0.3 is 5.97 Å². The zero-order valence-corrected chi connectivity index (χ0v) is 20.7. The maximum Gasteiger partial charge on any atom is 0.307 e. The lowest BCUT2D eigenvalue weighted by Crippen LogP contribution is -2.68. The third-order valence-corrected chi connectivity index (χ3v) is 9.81. The third kappa shape index (κ3) is 3.33. The number of allylic oxidation sites excluding steroid dienone is 4. The van der Waals surface area contributed by atoms with Crippen molar-refractivity contribution in [1.82, 2.24) is 0 Å². The summed E-state index contributed by atoms with van der Waals surface area (Å²) in [5, 5.41) is 33.4. The average molecular weight is 502 g/mol. The van der Waals surface area contributed by atoms with Crippen molar-refractivity contribution in [2.45, 2.75) is 58.0 Å². The molecule has 1 aromatic rings. The zero-order chi connectivity index (χ0) is 26.2. The molecule has 2 unspecified atom stereocenters. The van der Waals surface area contributed by atoms with Gasteiger partial charge in [0.25, 0.3) is 0 Å². The lowest BCUT2D eigenvalue weighted by molar-refractivity contribution is -0.204. The minimum atomic E-state index is -2.25. The molecule has 36 heavy (non-hydrogen) atoms. The van der Waals surface area contributed by atoms with Crippen LogP contribution in [0, 0.1) is 41.4 Å².